The summed E-state index contributed by atoms with van der Waals surface area (Å²) in [6.07, 6.45) is 0. The zero-order valence-electron chi connectivity index (χ0n) is 12.9. The lowest BCUT2D eigenvalue weighted by Gasteiger charge is -2.22. The predicted octanol–water partition coefficient (Wildman–Crippen LogP) is 5.10. The summed E-state index contributed by atoms with van der Waals surface area (Å²) in [5.41, 5.74) is 5.18. The molecule has 0 saturated carbocycles. The van der Waals surface area contributed by atoms with Crippen LogP contribution < -0.4 is 5.32 Å². The zero-order chi connectivity index (χ0) is 15.6. The Kier molecular flexibility index (Phi) is 5.02. The van der Waals surface area contributed by atoms with Crippen molar-refractivity contribution in [2.24, 2.45) is 0 Å². The van der Waals surface area contributed by atoms with Gasteiger partial charge in [0.25, 0.3) is 0 Å². The molecular formula is C18H21ClFN. The first-order valence-electron chi connectivity index (χ1n) is 7.20. The number of halogens is 2. The van der Waals surface area contributed by atoms with Gasteiger partial charge in [0.2, 0.25) is 0 Å². The molecule has 0 amide bonds. The van der Waals surface area contributed by atoms with Gasteiger partial charge in [0.05, 0.1) is 6.04 Å². The summed E-state index contributed by atoms with van der Waals surface area (Å²) in [6, 6.07) is 9.58. The summed E-state index contributed by atoms with van der Waals surface area (Å²) in [6.45, 7) is 8.82. The molecular weight excluding hydrogens is 285 g/mol. The lowest BCUT2D eigenvalue weighted by atomic mass is 9.94. The fraction of sp³-hybridized carbons (Fsp3) is 0.333. The van der Waals surface area contributed by atoms with E-state index in [0.29, 0.717) is 10.6 Å². The minimum atomic E-state index is -0.265. The van der Waals surface area contributed by atoms with E-state index in [-0.39, 0.29) is 11.9 Å². The van der Waals surface area contributed by atoms with Crippen LogP contribution in [0.15, 0.2) is 30.3 Å². The molecule has 1 nitrogen and oxygen atoms in total. The Bertz CT molecular complexity index is 652. The maximum Gasteiger partial charge on any atom is 0.127 e. The smallest absolute Gasteiger partial charge is 0.127 e. The lowest BCUT2D eigenvalue weighted by Crippen LogP contribution is -2.22. The van der Waals surface area contributed by atoms with Crippen LogP contribution in [0.3, 0.4) is 0 Å². The lowest BCUT2D eigenvalue weighted by molar-refractivity contribution is 0.606. The molecule has 0 aromatic heterocycles. The number of hydrogen-bond donors (Lipinski definition) is 1. The maximum absolute atomic E-state index is 13.6. The highest BCUT2D eigenvalue weighted by Gasteiger charge is 2.18. The summed E-state index contributed by atoms with van der Waals surface area (Å²) in [7, 11) is 0. The van der Waals surface area contributed by atoms with Crippen molar-refractivity contribution < 1.29 is 4.39 Å². The first-order valence-corrected chi connectivity index (χ1v) is 7.58. The number of aryl methyl sites for hydroxylation is 3. The largest absolute Gasteiger partial charge is 0.306 e. The zero-order valence-corrected chi connectivity index (χ0v) is 13.7. The van der Waals surface area contributed by atoms with E-state index in [4.69, 9.17) is 11.6 Å². The van der Waals surface area contributed by atoms with Gasteiger partial charge in [-0.15, -0.1) is 0 Å². The average molecular weight is 306 g/mol. The van der Waals surface area contributed by atoms with Crippen molar-refractivity contribution in [3.8, 4) is 0 Å². The molecule has 2 aromatic carbocycles. The minimum absolute atomic E-state index is 0.0268. The van der Waals surface area contributed by atoms with Crippen molar-refractivity contribution in [2.75, 3.05) is 6.54 Å². The van der Waals surface area contributed by atoms with Crippen molar-refractivity contribution >= 4 is 11.6 Å². The molecule has 1 N–H and O–H groups in total. The highest BCUT2D eigenvalue weighted by molar-refractivity contribution is 6.31. The molecule has 2 aromatic rings. The Hall–Kier alpha value is -1.38. The van der Waals surface area contributed by atoms with E-state index in [1.165, 1.54) is 17.2 Å². The fourth-order valence-corrected chi connectivity index (χ4v) is 2.72. The molecule has 1 atom stereocenters. The van der Waals surface area contributed by atoms with E-state index in [2.05, 4.69) is 44.3 Å². The van der Waals surface area contributed by atoms with Crippen LogP contribution in [0.2, 0.25) is 5.02 Å². The van der Waals surface area contributed by atoms with Gasteiger partial charge in [-0.25, -0.2) is 4.39 Å². The third-order valence-corrected chi connectivity index (χ3v) is 4.19. The van der Waals surface area contributed by atoms with Gasteiger partial charge >= 0.3 is 0 Å². The Balaban J connectivity index is 2.52. The van der Waals surface area contributed by atoms with E-state index in [1.54, 1.807) is 6.92 Å². The van der Waals surface area contributed by atoms with Gasteiger partial charge in [0, 0.05) is 5.02 Å². The molecule has 1 unspecified atom stereocenters. The van der Waals surface area contributed by atoms with Gasteiger partial charge in [-0.3, -0.25) is 0 Å². The minimum Gasteiger partial charge on any atom is -0.306 e. The van der Waals surface area contributed by atoms with Crippen LogP contribution in [-0.2, 0) is 0 Å². The number of benzene rings is 2. The van der Waals surface area contributed by atoms with Crippen molar-refractivity contribution in [1.82, 2.24) is 5.32 Å². The Morgan fingerprint density at radius 1 is 1.05 bits per heavy atom. The fourth-order valence-electron chi connectivity index (χ4n) is 2.46. The molecule has 0 radical (unpaired) electrons. The van der Waals surface area contributed by atoms with Crippen molar-refractivity contribution in [3.05, 3.63) is 69.0 Å². The van der Waals surface area contributed by atoms with Gasteiger partial charge in [0.15, 0.2) is 0 Å². The van der Waals surface area contributed by atoms with E-state index < -0.39 is 0 Å². The summed E-state index contributed by atoms with van der Waals surface area (Å²) >= 11 is 6.27. The summed E-state index contributed by atoms with van der Waals surface area (Å²) in [4.78, 5) is 0. The maximum atomic E-state index is 13.6. The highest BCUT2D eigenvalue weighted by Crippen LogP contribution is 2.31. The molecule has 0 saturated heterocycles. The Morgan fingerprint density at radius 2 is 1.76 bits per heavy atom. The molecule has 3 heteroatoms. The van der Waals surface area contributed by atoms with Crippen LogP contribution in [0.5, 0.6) is 0 Å². The van der Waals surface area contributed by atoms with E-state index in [0.717, 1.165) is 17.7 Å². The predicted molar refractivity (Wildman–Crippen MR) is 87.6 cm³/mol. The second-order valence-corrected chi connectivity index (χ2v) is 5.86. The summed E-state index contributed by atoms with van der Waals surface area (Å²) in [5.74, 6) is -0.265. The molecule has 112 valence electrons. The molecule has 0 bridgehead atoms. The van der Waals surface area contributed by atoms with Crippen molar-refractivity contribution in [2.45, 2.75) is 33.7 Å². The number of nitrogens with one attached hydrogen (secondary N) is 1. The second kappa shape index (κ2) is 6.59. The molecule has 0 aliphatic heterocycles. The van der Waals surface area contributed by atoms with Crippen LogP contribution in [0.25, 0.3) is 0 Å². The molecule has 21 heavy (non-hydrogen) atoms. The molecule has 0 aliphatic carbocycles. The van der Waals surface area contributed by atoms with E-state index >= 15 is 0 Å². The van der Waals surface area contributed by atoms with Crippen LogP contribution in [0, 0.1) is 26.6 Å². The van der Waals surface area contributed by atoms with Crippen LogP contribution in [0.1, 0.15) is 40.8 Å². The van der Waals surface area contributed by atoms with E-state index in [1.807, 2.05) is 6.07 Å². The second-order valence-electron chi connectivity index (χ2n) is 5.46. The molecule has 0 aliphatic rings. The van der Waals surface area contributed by atoms with Crippen molar-refractivity contribution in [1.29, 1.82) is 0 Å². The topological polar surface area (TPSA) is 12.0 Å². The van der Waals surface area contributed by atoms with Crippen LogP contribution in [0.4, 0.5) is 4.39 Å². The SMILES string of the molecule is CCNC(c1ccc(C)c(C)c1)c1cc(C)c(F)cc1Cl. The van der Waals surface area contributed by atoms with Gasteiger partial charge in [-0.05, 0) is 67.3 Å². The van der Waals surface area contributed by atoms with Gasteiger partial charge in [-0.1, -0.05) is 36.7 Å². The van der Waals surface area contributed by atoms with E-state index in [9.17, 15) is 4.39 Å². The monoisotopic (exact) mass is 305 g/mol. The quantitative estimate of drug-likeness (QED) is 0.828. The summed E-state index contributed by atoms with van der Waals surface area (Å²) < 4.78 is 13.6. The Morgan fingerprint density at radius 3 is 2.38 bits per heavy atom. The van der Waals surface area contributed by atoms with Gasteiger partial charge < -0.3 is 5.32 Å². The third-order valence-electron chi connectivity index (χ3n) is 3.86. The van der Waals surface area contributed by atoms with Gasteiger partial charge in [-0.2, -0.15) is 0 Å². The summed E-state index contributed by atoms with van der Waals surface area (Å²) in [5, 5.41) is 3.90. The highest BCUT2D eigenvalue weighted by atomic mass is 35.5. The third kappa shape index (κ3) is 3.45. The number of hydrogen-bond acceptors (Lipinski definition) is 1. The standard InChI is InChI=1S/C18H21ClFN/c1-5-21-18(14-7-6-11(2)12(3)8-14)15-9-13(4)17(20)10-16(15)19/h6-10,18,21H,5H2,1-4H3. The number of rotatable bonds is 4. The first kappa shape index (κ1) is 16.0. The van der Waals surface area contributed by atoms with Crippen LogP contribution in [-0.4, -0.2) is 6.54 Å². The normalized spacial score (nSPS) is 12.5. The van der Waals surface area contributed by atoms with Crippen LogP contribution >= 0.6 is 11.6 Å². The molecule has 0 heterocycles. The molecule has 0 fully saturated rings. The average Bonchev–Trinajstić information content (AvgIpc) is 2.44. The van der Waals surface area contributed by atoms with Crippen molar-refractivity contribution in [3.63, 3.8) is 0 Å². The Labute approximate surface area is 131 Å². The molecule has 0 spiro atoms. The first-order chi connectivity index (χ1) is 9.93. The van der Waals surface area contributed by atoms with Gasteiger partial charge in [0.1, 0.15) is 5.82 Å². The molecule has 2 rings (SSSR count).